The maximum absolute atomic E-state index is 11.8. The molecule has 0 unspecified atom stereocenters. The zero-order chi connectivity index (χ0) is 17.5. The van der Waals surface area contributed by atoms with Crippen LogP contribution in [0.1, 0.15) is 21.5 Å². The molecule has 3 aromatic rings. The van der Waals surface area contributed by atoms with Crippen molar-refractivity contribution in [1.29, 1.82) is 0 Å². The van der Waals surface area contributed by atoms with Crippen LogP contribution in [0, 0.1) is 6.92 Å². The van der Waals surface area contributed by atoms with Crippen LogP contribution in [0.3, 0.4) is 0 Å². The first-order chi connectivity index (χ1) is 12.2. The number of hydrogen-bond acceptors (Lipinski definition) is 4. The van der Waals surface area contributed by atoms with Gasteiger partial charge in [-0.15, -0.1) is 0 Å². The smallest absolute Gasteiger partial charge is 0.271 e. The lowest BCUT2D eigenvalue weighted by atomic mass is 10.2. The normalized spacial score (nSPS) is 10.6. The van der Waals surface area contributed by atoms with Crippen molar-refractivity contribution in [3.05, 3.63) is 89.7 Å². The van der Waals surface area contributed by atoms with Gasteiger partial charge in [-0.25, -0.2) is 5.43 Å². The molecule has 0 spiro atoms. The van der Waals surface area contributed by atoms with Crippen molar-refractivity contribution in [2.45, 2.75) is 6.92 Å². The Morgan fingerprint density at radius 2 is 1.56 bits per heavy atom. The fourth-order valence-corrected chi connectivity index (χ4v) is 2.10. The molecular formula is C20H17N3O2. The molecule has 1 N–H and O–H groups in total. The molecule has 0 aliphatic rings. The molecule has 5 nitrogen and oxygen atoms in total. The number of hydrogen-bond donors (Lipinski definition) is 1. The average Bonchev–Trinajstić information content (AvgIpc) is 2.66. The summed E-state index contributed by atoms with van der Waals surface area (Å²) >= 11 is 0. The van der Waals surface area contributed by atoms with Gasteiger partial charge in [0.1, 0.15) is 11.5 Å². The summed E-state index contributed by atoms with van der Waals surface area (Å²) in [4.78, 5) is 15.7. The van der Waals surface area contributed by atoms with Crippen molar-refractivity contribution in [1.82, 2.24) is 10.4 Å². The molecule has 0 bridgehead atoms. The zero-order valence-electron chi connectivity index (χ0n) is 13.7. The van der Waals surface area contributed by atoms with Gasteiger partial charge < -0.3 is 4.74 Å². The Hall–Kier alpha value is -3.47. The van der Waals surface area contributed by atoms with Crippen molar-refractivity contribution in [2.75, 3.05) is 0 Å². The van der Waals surface area contributed by atoms with E-state index in [1.165, 1.54) is 5.56 Å². The topological polar surface area (TPSA) is 63.6 Å². The Labute approximate surface area is 146 Å². The molecule has 1 aromatic heterocycles. The largest absolute Gasteiger partial charge is 0.457 e. The molecule has 0 atom stereocenters. The summed E-state index contributed by atoms with van der Waals surface area (Å²) in [5.41, 5.74) is 5.03. The first-order valence-electron chi connectivity index (χ1n) is 7.79. The standard InChI is InChI=1S/C20H17N3O2/c1-15-2-6-18(7-3-15)25-19-8-4-16(5-9-19)14-22-23-20(24)17-10-12-21-13-11-17/h2-14H,1H3,(H,23,24)/b22-14+. The number of aromatic nitrogens is 1. The minimum absolute atomic E-state index is 0.280. The third kappa shape index (κ3) is 4.75. The van der Waals surface area contributed by atoms with Crippen LogP contribution < -0.4 is 10.2 Å². The molecule has 0 aliphatic heterocycles. The maximum atomic E-state index is 11.8. The molecule has 0 saturated carbocycles. The molecule has 0 aliphatic carbocycles. The van der Waals surface area contributed by atoms with E-state index in [0.717, 1.165) is 17.1 Å². The van der Waals surface area contributed by atoms with Gasteiger partial charge in [-0.1, -0.05) is 17.7 Å². The predicted octanol–water partition coefficient (Wildman–Crippen LogP) is 3.95. The molecule has 25 heavy (non-hydrogen) atoms. The van der Waals surface area contributed by atoms with Crippen LogP contribution in [0.4, 0.5) is 0 Å². The van der Waals surface area contributed by atoms with Gasteiger partial charge in [0, 0.05) is 18.0 Å². The highest BCUT2D eigenvalue weighted by molar-refractivity contribution is 5.94. The van der Waals surface area contributed by atoms with Crippen LogP contribution in [0.5, 0.6) is 11.5 Å². The second-order valence-corrected chi connectivity index (χ2v) is 5.42. The lowest BCUT2D eigenvalue weighted by molar-refractivity contribution is 0.0955. The number of rotatable bonds is 5. The molecular weight excluding hydrogens is 314 g/mol. The van der Waals surface area contributed by atoms with E-state index in [1.807, 2.05) is 55.5 Å². The lowest BCUT2D eigenvalue weighted by Crippen LogP contribution is -2.17. The first kappa shape index (κ1) is 16.4. The number of benzene rings is 2. The van der Waals surface area contributed by atoms with Gasteiger partial charge >= 0.3 is 0 Å². The van der Waals surface area contributed by atoms with Gasteiger partial charge in [0.25, 0.3) is 5.91 Å². The van der Waals surface area contributed by atoms with E-state index in [9.17, 15) is 4.79 Å². The van der Waals surface area contributed by atoms with Gasteiger partial charge in [-0.2, -0.15) is 5.10 Å². The van der Waals surface area contributed by atoms with Crippen LogP contribution in [-0.2, 0) is 0 Å². The number of nitrogens with zero attached hydrogens (tertiary/aromatic N) is 2. The maximum Gasteiger partial charge on any atom is 0.271 e. The van der Waals surface area contributed by atoms with Crippen molar-refractivity contribution in [3.63, 3.8) is 0 Å². The summed E-state index contributed by atoms with van der Waals surface area (Å²) in [5, 5.41) is 3.96. The van der Waals surface area contributed by atoms with E-state index in [0.29, 0.717) is 5.56 Å². The van der Waals surface area contributed by atoms with Crippen molar-refractivity contribution >= 4 is 12.1 Å². The van der Waals surface area contributed by atoms with E-state index >= 15 is 0 Å². The van der Waals surface area contributed by atoms with Gasteiger partial charge in [0.15, 0.2) is 0 Å². The molecule has 3 rings (SSSR count). The second-order valence-electron chi connectivity index (χ2n) is 5.42. The number of amides is 1. The zero-order valence-corrected chi connectivity index (χ0v) is 13.7. The number of hydrazone groups is 1. The lowest BCUT2D eigenvalue weighted by Gasteiger charge is -2.06. The molecule has 1 amide bonds. The Kier molecular flexibility index (Phi) is 5.16. The molecule has 0 fully saturated rings. The molecule has 124 valence electrons. The SMILES string of the molecule is Cc1ccc(Oc2ccc(/C=N/NC(=O)c3ccncc3)cc2)cc1. The first-order valence-corrected chi connectivity index (χ1v) is 7.79. The molecule has 1 heterocycles. The molecule has 2 aromatic carbocycles. The molecule has 5 heteroatoms. The summed E-state index contributed by atoms with van der Waals surface area (Å²) in [6.07, 6.45) is 4.70. The van der Waals surface area contributed by atoms with Gasteiger partial charge in [-0.05, 0) is 61.0 Å². The Morgan fingerprint density at radius 1 is 0.960 bits per heavy atom. The minimum atomic E-state index is -0.280. The Bertz CT molecular complexity index is 858. The van der Waals surface area contributed by atoms with E-state index < -0.39 is 0 Å². The van der Waals surface area contributed by atoms with Crippen LogP contribution in [-0.4, -0.2) is 17.1 Å². The Balaban J connectivity index is 1.57. The van der Waals surface area contributed by atoms with E-state index in [2.05, 4.69) is 15.5 Å². The van der Waals surface area contributed by atoms with Crippen molar-refractivity contribution in [2.24, 2.45) is 5.10 Å². The van der Waals surface area contributed by atoms with Gasteiger partial charge in [0.05, 0.1) is 6.21 Å². The summed E-state index contributed by atoms with van der Waals surface area (Å²) < 4.78 is 5.77. The second kappa shape index (κ2) is 7.88. The summed E-state index contributed by atoms with van der Waals surface area (Å²) in [6, 6.07) is 18.6. The minimum Gasteiger partial charge on any atom is -0.457 e. The monoisotopic (exact) mass is 331 g/mol. The number of ether oxygens (including phenoxy) is 1. The Morgan fingerprint density at radius 3 is 2.20 bits per heavy atom. The van der Waals surface area contributed by atoms with E-state index in [4.69, 9.17) is 4.74 Å². The van der Waals surface area contributed by atoms with Crippen molar-refractivity contribution < 1.29 is 9.53 Å². The van der Waals surface area contributed by atoms with E-state index in [1.54, 1.807) is 30.7 Å². The summed E-state index contributed by atoms with van der Waals surface area (Å²) in [6.45, 7) is 2.03. The number of pyridine rings is 1. The highest BCUT2D eigenvalue weighted by Crippen LogP contribution is 2.21. The highest BCUT2D eigenvalue weighted by atomic mass is 16.5. The fraction of sp³-hybridized carbons (Fsp3) is 0.0500. The number of carbonyl (C=O) groups excluding carboxylic acids is 1. The average molecular weight is 331 g/mol. The molecule has 0 radical (unpaired) electrons. The van der Waals surface area contributed by atoms with Gasteiger partial charge in [0.2, 0.25) is 0 Å². The summed E-state index contributed by atoms with van der Waals surface area (Å²) in [7, 11) is 0. The quantitative estimate of drug-likeness (QED) is 0.569. The van der Waals surface area contributed by atoms with Gasteiger partial charge in [-0.3, -0.25) is 9.78 Å². The predicted molar refractivity (Wildman–Crippen MR) is 97.0 cm³/mol. The highest BCUT2D eigenvalue weighted by Gasteiger charge is 2.02. The van der Waals surface area contributed by atoms with E-state index in [-0.39, 0.29) is 5.91 Å². The van der Waals surface area contributed by atoms with Crippen LogP contribution >= 0.6 is 0 Å². The van der Waals surface area contributed by atoms with Crippen LogP contribution in [0.15, 0.2) is 78.2 Å². The van der Waals surface area contributed by atoms with Crippen LogP contribution in [0.25, 0.3) is 0 Å². The van der Waals surface area contributed by atoms with Crippen molar-refractivity contribution in [3.8, 4) is 11.5 Å². The number of carbonyl (C=O) groups is 1. The number of nitrogens with one attached hydrogen (secondary N) is 1. The number of aryl methyl sites for hydroxylation is 1. The third-order valence-electron chi connectivity index (χ3n) is 3.46. The fourth-order valence-electron chi connectivity index (χ4n) is 2.10. The third-order valence-corrected chi connectivity index (χ3v) is 3.46. The summed E-state index contributed by atoms with van der Waals surface area (Å²) in [5.74, 6) is 1.25. The molecule has 0 saturated heterocycles. The van der Waals surface area contributed by atoms with Crippen LogP contribution in [0.2, 0.25) is 0 Å².